The van der Waals surface area contributed by atoms with Crippen molar-refractivity contribution in [2.45, 2.75) is 72.8 Å². The van der Waals surface area contributed by atoms with Gasteiger partial charge in [0.05, 0.1) is 6.42 Å². The molecule has 0 radical (unpaired) electrons. The van der Waals surface area contributed by atoms with E-state index in [1.165, 1.54) is 6.42 Å². The number of rotatable bonds is 6. The first-order valence-corrected chi connectivity index (χ1v) is 8.24. The van der Waals surface area contributed by atoms with E-state index in [9.17, 15) is 9.59 Å². The van der Waals surface area contributed by atoms with Crippen molar-refractivity contribution in [3.05, 3.63) is 0 Å². The Hall–Kier alpha value is -1.06. The van der Waals surface area contributed by atoms with E-state index in [4.69, 9.17) is 4.74 Å². The zero-order valence-corrected chi connectivity index (χ0v) is 14.3. The van der Waals surface area contributed by atoms with Crippen LogP contribution in [-0.4, -0.2) is 36.0 Å². The van der Waals surface area contributed by atoms with Crippen LogP contribution < -0.4 is 0 Å². The number of hydrogen-bond donors (Lipinski definition) is 0. The molecule has 21 heavy (non-hydrogen) atoms. The predicted molar refractivity (Wildman–Crippen MR) is 83.8 cm³/mol. The lowest BCUT2D eigenvalue weighted by Crippen LogP contribution is -2.34. The van der Waals surface area contributed by atoms with Crippen LogP contribution in [0.3, 0.4) is 0 Å². The standard InChI is InChI=1S/C17H31NO3/c1-6-18(7-2)15(19)8-9-16(20)21-14-10-13(3)11-17(4,5)12-14/h13-14H,6-12H2,1-5H3. The average Bonchev–Trinajstić information content (AvgIpc) is 2.35. The number of amides is 1. The highest BCUT2D eigenvalue weighted by atomic mass is 16.5. The summed E-state index contributed by atoms with van der Waals surface area (Å²) >= 11 is 0. The van der Waals surface area contributed by atoms with Crippen molar-refractivity contribution in [3.63, 3.8) is 0 Å². The molecule has 1 aliphatic carbocycles. The quantitative estimate of drug-likeness (QED) is 0.706. The molecule has 0 heterocycles. The van der Waals surface area contributed by atoms with E-state index in [-0.39, 0.29) is 36.2 Å². The first-order chi connectivity index (χ1) is 9.77. The van der Waals surface area contributed by atoms with Crippen LogP contribution in [0.2, 0.25) is 0 Å². The molecule has 1 fully saturated rings. The summed E-state index contributed by atoms with van der Waals surface area (Å²) in [4.78, 5) is 25.6. The molecule has 1 amide bonds. The van der Waals surface area contributed by atoms with Crippen LogP contribution in [0.5, 0.6) is 0 Å². The van der Waals surface area contributed by atoms with Gasteiger partial charge in [-0.15, -0.1) is 0 Å². The first-order valence-electron chi connectivity index (χ1n) is 8.24. The van der Waals surface area contributed by atoms with Gasteiger partial charge in [-0.3, -0.25) is 9.59 Å². The molecule has 0 bridgehead atoms. The van der Waals surface area contributed by atoms with Crippen LogP contribution in [0.15, 0.2) is 0 Å². The summed E-state index contributed by atoms with van der Waals surface area (Å²) in [6, 6.07) is 0. The Bertz CT molecular complexity index is 361. The van der Waals surface area contributed by atoms with Gasteiger partial charge in [-0.1, -0.05) is 20.8 Å². The van der Waals surface area contributed by atoms with E-state index in [0.717, 1.165) is 12.8 Å². The molecule has 1 saturated carbocycles. The van der Waals surface area contributed by atoms with E-state index in [1.807, 2.05) is 13.8 Å². The highest BCUT2D eigenvalue weighted by Crippen LogP contribution is 2.39. The molecule has 0 aromatic rings. The van der Waals surface area contributed by atoms with Gasteiger partial charge < -0.3 is 9.64 Å². The van der Waals surface area contributed by atoms with Crippen molar-refractivity contribution < 1.29 is 14.3 Å². The van der Waals surface area contributed by atoms with Gasteiger partial charge in [0.2, 0.25) is 5.91 Å². The van der Waals surface area contributed by atoms with Gasteiger partial charge in [-0.25, -0.2) is 0 Å². The molecule has 0 aliphatic heterocycles. The monoisotopic (exact) mass is 297 g/mol. The number of hydrogen-bond acceptors (Lipinski definition) is 3. The Morgan fingerprint density at radius 3 is 2.29 bits per heavy atom. The molecule has 0 aromatic carbocycles. The summed E-state index contributed by atoms with van der Waals surface area (Å²) in [6.07, 6.45) is 3.51. The molecule has 0 spiro atoms. The maximum absolute atomic E-state index is 11.9. The fourth-order valence-corrected chi connectivity index (χ4v) is 3.54. The highest BCUT2D eigenvalue weighted by Gasteiger charge is 2.33. The predicted octanol–water partition coefficient (Wildman–Crippen LogP) is 3.39. The smallest absolute Gasteiger partial charge is 0.306 e. The zero-order chi connectivity index (χ0) is 16.0. The van der Waals surface area contributed by atoms with Crippen molar-refractivity contribution in [2.75, 3.05) is 13.1 Å². The molecule has 0 saturated heterocycles. The Morgan fingerprint density at radius 1 is 1.14 bits per heavy atom. The Balaban J connectivity index is 2.38. The second-order valence-corrected chi connectivity index (χ2v) is 7.09. The number of ether oxygens (including phenoxy) is 1. The summed E-state index contributed by atoms with van der Waals surface area (Å²) in [7, 11) is 0. The molecular formula is C17H31NO3. The van der Waals surface area contributed by atoms with Crippen molar-refractivity contribution >= 4 is 11.9 Å². The van der Waals surface area contributed by atoms with Gasteiger partial charge in [0.15, 0.2) is 0 Å². The Morgan fingerprint density at radius 2 is 1.76 bits per heavy atom. The minimum Gasteiger partial charge on any atom is -0.462 e. The van der Waals surface area contributed by atoms with E-state index in [1.54, 1.807) is 4.90 Å². The summed E-state index contributed by atoms with van der Waals surface area (Å²) < 4.78 is 5.59. The molecule has 122 valence electrons. The zero-order valence-electron chi connectivity index (χ0n) is 14.3. The van der Waals surface area contributed by atoms with E-state index < -0.39 is 0 Å². The Kier molecular flexibility index (Phi) is 6.69. The van der Waals surface area contributed by atoms with Crippen molar-refractivity contribution in [1.29, 1.82) is 0 Å². The fraction of sp³-hybridized carbons (Fsp3) is 0.882. The van der Waals surface area contributed by atoms with Gasteiger partial charge in [-0.2, -0.15) is 0 Å². The lowest BCUT2D eigenvalue weighted by atomic mass is 9.71. The van der Waals surface area contributed by atoms with E-state index >= 15 is 0 Å². The van der Waals surface area contributed by atoms with Gasteiger partial charge >= 0.3 is 5.97 Å². The van der Waals surface area contributed by atoms with Crippen molar-refractivity contribution in [2.24, 2.45) is 11.3 Å². The molecule has 0 aromatic heterocycles. The summed E-state index contributed by atoms with van der Waals surface area (Å²) in [5.74, 6) is 0.392. The molecule has 4 nitrogen and oxygen atoms in total. The van der Waals surface area contributed by atoms with E-state index in [0.29, 0.717) is 19.0 Å². The first kappa shape index (κ1) is 18.0. The third kappa shape index (κ3) is 6.06. The van der Waals surface area contributed by atoms with Gasteiger partial charge in [-0.05, 0) is 44.4 Å². The van der Waals surface area contributed by atoms with E-state index in [2.05, 4.69) is 20.8 Å². The largest absolute Gasteiger partial charge is 0.462 e. The second kappa shape index (κ2) is 7.81. The number of esters is 1. The molecule has 0 N–H and O–H groups in total. The van der Waals surface area contributed by atoms with Crippen LogP contribution in [0.4, 0.5) is 0 Å². The number of nitrogens with zero attached hydrogens (tertiary/aromatic N) is 1. The molecule has 1 rings (SSSR count). The van der Waals surface area contributed by atoms with Crippen LogP contribution >= 0.6 is 0 Å². The van der Waals surface area contributed by atoms with Crippen LogP contribution in [0.1, 0.15) is 66.7 Å². The fourth-order valence-electron chi connectivity index (χ4n) is 3.54. The molecule has 2 unspecified atom stereocenters. The number of carbonyl (C=O) groups excluding carboxylic acids is 2. The minimum absolute atomic E-state index is 0.0137. The van der Waals surface area contributed by atoms with Gasteiger partial charge in [0.25, 0.3) is 0 Å². The topological polar surface area (TPSA) is 46.6 Å². The summed E-state index contributed by atoms with van der Waals surface area (Å²) in [5, 5.41) is 0. The lowest BCUT2D eigenvalue weighted by molar-refractivity contribution is -0.155. The molecule has 4 heteroatoms. The summed E-state index contributed by atoms with van der Waals surface area (Å²) in [5.41, 5.74) is 0.236. The third-order valence-corrected chi connectivity index (χ3v) is 4.30. The molecule has 1 aliphatic rings. The maximum atomic E-state index is 11.9. The van der Waals surface area contributed by atoms with Crippen LogP contribution in [0.25, 0.3) is 0 Å². The van der Waals surface area contributed by atoms with Crippen molar-refractivity contribution in [3.8, 4) is 0 Å². The third-order valence-electron chi connectivity index (χ3n) is 4.30. The van der Waals surface area contributed by atoms with Gasteiger partial charge in [0, 0.05) is 19.5 Å². The maximum Gasteiger partial charge on any atom is 0.306 e. The molecule has 2 atom stereocenters. The van der Waals surface area contributed by atoms with Gasteiger partial charge in [0.1, 0.15) is 6.10 Å². The normalized spacial score (nSPS) is 24.4. The Labute approximate surface area is 129 Å². The SMILES string of the molecule is CCN(CC)C(=O)CCC(=O)OC1CC(C)CC(C)(C)C1. The second-order valence-electron chi connectivity index (χ2n) is 7.09. The van der Waals surface area contributed by atoms with Crippen LogP contribution in [-0.2, 0) is 14.3 Å². The highest BCUT2D eigenvalue weighted by molar-refractivity contribution is 5.81. The number of carbonyl (C=O) groups is 2. The summed E-state index contributed by atoms with van der Waals surface area (Å²) in [6.45, 7) is 12.0. The van der Waals surface area contributed by atoms with Crippen molar-refractivity contribution in [1.82, 2.24) is 4.90 Å². The van der Waals surface area contributed by atoms with Crippen LogP contribution in [0, 0.1) is 11.3 Å². The minimum atomic E-state index is -0.231. The molecular weight excluding hydrogens is 266 g/mol. The lowest BCUT2D eigenvalue weighted by Gasteiger charge is -2.38. The average molecular weight is 297 g/mol.